The van der Waals surface area contributed by atoms with Crippen molar-refractivity contribution in [2.75, 3.05) is 14.1 Å². The Hall–Kier alpha value is -4.81. The van der Waals surface area contributed by atoms with Crippen LogP contribution in [-0.2, 0) is 20.1 Å². The minimum absolute atomic E-state index is 0.0139. The van der Waals surface area contributed by atoms with Gasteiger partial charge >= 0.3 is 0 Å². The number of rotatable bonds is 8. The van der Waals surface area contributed by atoms with Gasteiger partial charge in [-0.05, 0) is 62.5 Å². The summed E-state index contributed by atoms with van der Waals surface area (Å²) in [6.07, 6.45) is 0.361. The molecule has 0 amide bonds. The third-order valence-corrected chi connectivity index (χ3v) is 7.25. The molecular weight excluding hydrogens is 536 g/mol. The molecule has 3 aromatic carbocycles. The smallest absolute Gasteiger partial charge is 0.278 e. The van der Waals surface area contributed by atoms with Crippen LogP contribution in [-0.4, -0.2) is 44.3 Å². The Morgan fingerprint density at radius 1 is 1.00 bits per heavy atom. The first-order valence-electron chi connectivity index (χ1n) is 13.6. The molecule has 5 aromatic rings. The molecule has 0 aliphatic carbocycles. The average molecular weight is 568 g/mol. The van der Waals surface area contributed by atoms with Crippen LogP contribution in [0.5, 0.6) is 0 Å². The average Bonchev–Trinajstić information content (AvgIpc) is 3.47. The molecule has 0 fully saturated rings. The molecule has 7 nitrogen and oxygen atoms in total. The first kappa shape index (κ1) is 28.7. The lowest BCUT2D eigenvalue weighted by Gasteiger charge is -2.09. The molecule has 42 heavy (non-hydrogen) atoms. The van der Waals surface area contributed by atoms with Crippen molar-refractivity contribution in [3.8, 4) is 23.1 Å². The number of nitrogens with one attached hydrogen (secondary N) is 1. The van der Waals surface area contributed by atoms with Gasteiger partial charge in [-0.15, -0.1) is 0 Å². The second kappa shape index (κ2) is 12.0. The van der Waals surface area contributed by atoms with Crippen molar-refractivity contribution in [3.63, 3.8) is 0 Å². The van der Waals surface area contributed by atoms with Gasteiger partial charge < -0.3 is 4.90 Å². The molecule has 0 radical (unpaired) electrons. The third kappa shape index (κ3) is 5.94. The van der Waals surface area contributed by atoms with E-state index in [9.17, 15) is 18.4 Å². The molecular formula is C33H31F2N5O2. The summed E-state index contributed by atoms with van der Waals surface area (Å²) in [6.45, 7) is 2.58. The molecule has 0 bridgehead atoms. The molecule has 9 heteroatoms. The zero-order valence-corrected chi connectivity index (χ0v) is 24.0. The van der Waals surface area contributed by atoms with Crippen LogP contribution in [0.2, 0.25) is 0 Å². The van der Waals surface area contributed by atoms with Crippen LogP contribution in [0.4, 0.5) is 8.78 Å². The van der Waals surface area contributed by atoms with Crippen molar-refractivity contribution in [2.45, 2.75) is 32.9 Å². The summed E-state index contributed by atoms with van der Waals surface area (Å²) in [4.78, 5) is 28.2. The van der Waals surface area contributed by atoms with Crippen molar-refractivity contribution < 1.29 is 13.6 Å². The van der Waals surface area contributed by atoms with Gasteiger partial charge in [0.25, 0.3) is 5.56 Å². The summed E-state index contributed by atoms with van der Waals surface area (Å²) in [5, 5.41) is 8.60. The Bertz CT molecular complexity index is 1900. The van der Waals surface area contributed by atoms with Crippen LogP contribution in [0.1, 0.15) is 45.6 Å². The van der Waals surface area contributed by atoms with Crippen LogP contribution in [0, 0.1) is 30.4 Å². The van der Waals surface area contributed by atoms with E-state index in [1.165, 1.54) is 16.3 Å². The lowest BCUT2D eigenvalue weighted by molar-refractivity contribution is 0.0982. The van der Waals surface area contributed by atoms with E-state index in [4.69, 9.17) is 0 Å². The number of benzene rings is 3. The van der Waals surface area contributed by atoms with E-state index in [0.29, 0.717) is 11.3 Å². The van der Waals surface area contributed by atoms with Gasteiger partial charge in [-0.2, -0.15) is 5.10 Å². The lowest BCUT2D eigenvalue weighted by atomic mass is 10.0. The molecule has 0 saturated carbocycles. The van der Waals surface area contributed by atoms with E-state index in [1.807, 2.05) is 32.3 Å². The molecule has 214 valence electrons. The number of halogens is 2. The predicted octanol–water partition coefficient (Wildman–Crippen LogP) is 5.44. The van der Waals surface area contributed by atoms with Gasteiger partial charge in [0, 0.05) is 48.6 Å². The first-order valence-corrected chi connectivity index (χ1v) is 13.6. The fraction of sp³-hybridized carbons (Fsp3) is 0.242. The number of Topliss-reactive ketones (excluding diaryl/α,β-unsaturated/α-hetero) is 1. The third-order valence-electron chi connectivity index (χ3n) is 7.25. The van der Waals surface area contributed by atoms with Gasteiger partial charge in [-0.1, -0.05) is 42.2 Å². The largest absolute Gasteiger partial charge is 0.305 e. The van der Waals surface area contributed by atoms with Gasteiger partial charge in [-0.3, -0.25) is 19.4 Å². The summed E-state index contributed by atoms with van der Waals surface area (Å²) in [6, 6.07) is 17.7. The number of aromatic nitrogens is 4. The molecule has 0 aliphatic rings. The van der Waals surface area contributed by atoms with Crippen LogP contribution in [0.25, 0.3) is 22.2 Å². The molecule has 2 heterocycles. The number of carbonyl (C=O) groups is 1. The molecule has 5 rings (SSSR count). The molecule has 2 aromatic heterocycles. The number of aromatic amines is 1. The second-order valence-electron chi connectivity index (χ2n) is 10.6. The zero-order valence-electron chi connectivity index (χ0n) is 24.0. The highest BCUT2D eigenvalue weighted by Gasteiger charge is 2.21. The second-order valence-corrected chi connectivity index (χ2v) is 10.6. The van der Waals surface area contributed by atoms with Crippen LogP contribution >= 0.6 is 0 Å². The Kier molecular flexibility index (Phi) is 8.18. The van der Waals surface area contributed by atoms with Gasteiger partial charge in [0.05, 0.1) is 17.8 Å². The molecule has 0 spiro atoms. The minimum atomic E-state index is -0.987. The number of hydrogen-bond donors (Lipinski definition) is 1. The fourth-order valence-electron chi connectivity index (χ4n) is 4.99. The van der Waals surface area contributed by atoms with E-state index < -0.39 is 17.2 Å². The standard InChI is InChI=1S/C33H31F2N5O2/c1-21-31(33(42)40(39(21)4)20-24-12-16-27(34)28(35)17-24)30(41)8-6-5-7-22-11-15-26-29(18-22)36-37-32(26)25-13-9-23(10-14-25)19-38(2)3/h9-18H,6,8,19-20H2,1-4H3,(H,36,37). The van der Waals surface area contributed by atoms with Crippen molar-refractivity contribution in [1.82, 2.24) is 24.5 Å². The zero-order chi connectivity index (χ0) is 30.0. The van der Waals surface area contributed by atoms with Gasteiger partial charge in [0.1, 0.15) is 5.56 Å². The normalized spacial score (nSPS) is 11.2. The van der Waals surface area contributed by atoms with Crippen molar-refractivity contribution in [2.24, 2.45) is 7.05 Å². The van der Waals surface area contributed by atoms with Crippen molar-refractivity contribution in [3.05, 3.63) is 111 Å². The number of hydrogen-bond acceptors (Lipinski definition) is 4. The fourth-order valence-corrected chi connectivity index (χ4v) is 4.99. The van der Waals surface area contributed by atoms with E-state index >= 15 is 0 Å². The summed E-state index contributed by atoms with van der Waals surface area (Å²) in [5.41, 5.74) is 5.33. The Labute approximate surface area is 242 Å². The van der Waals surface area contributed by atoms with E-state index in [2.05, 4.69) is 51.2 Å². The van der Waals surface area contributed by atoms with Gasteiger partial charge in [0.15, 0.2) is 17.4 Å². The first-order chi connectivity index (χ1) is 20.1. The van der Waals surface area contributed by atoms with E-state index in [0.717, 1.165) is 46.4 Å². The highest BCUT2D eigenvalue weighted by Crippen LogP contribution is 2.27. The number of nitrogens with zero attached hydrogens (tertiary/aromatic N) is 4. The monoisotopic (exact) mass is 567 g/mol. The summed E-state index contributed by atoms with van der Waals surface area (Å²) in [5.74, 6) is 3.88. The molecule has 0 unspecified atom stereocenters. The highest BCUT2D eigenvalue weighted by atomic mass is 19.2. The topological polar surface area (TPSA) is 75.9 Å². The van der Waals surface area contributed by atoms with Crippen LogP contribution < -0.4 is 5.56 Å². The Balaban J connectivity index is 1.26. The van der Waals surface area contributed by atoms with Crippen LogP contribution in [0.15, 0.2) is 65.5 Å². The number of fused-ring (bicyclic) bond motifs is 1. The quantitative estimate of drug-likeness (QED) is 0.200. The Morgan fingerprint density at radius 3 is 2.45 bits per heavy atom. The maximum Gasteiger partial charge on any atom is 0.278 e. The van der Waals surface area contributed by atoms with E-state index in [-0.39, 0.29) is 30.7 Å². The summed E-state index contributed by atoms with van der Waals surface area (Å²) >= 11 is 0. The minimum Gasteiger partial charge on any atom is -0.305 e. The maximum atomic E-state index is 13.6. The number of carbonyl (C=O) groups excluding carboxylic acids is 1. The Morgan fingerprint density at radius 2 is 1.74 bits per heavy atom. The van der Waals surface area contributed by atoms with Gasteiger partial charge in [-0.25, -0.2) is 13.5 Å². The predicted molar refractivity (Wildman–Crippen MR) is 159 cm³/mol. The number of H-pyrrole nitrogens is 1. The van der Waals surface area contributed by atoms with Crippen molar-refractivity contribution in [1.29, 1.82) is 0 Å². The van der Waals surface area contributed by atoms with Gasteiger partial charge in [0.2, 0.25) is 0 Å². The highest BCUT2D eigenvalue weighted by molar-refractivity contribution is 5.97. The summed E-state index contributed by atoms with van der Waals surface area (Å²) < 4.78 is 29.8. The van der Waals surface area contributed by atoms with Crippen molar-refractivity contribution >= 4 is 16.7 Å². The molecule has 1 N–H and O–H groups in total. The molecule has 0 atom stereocenters. The molecule has 0 aliphatic heterocycles. The van der Waals surface area contributed by atoms with Crippen LogP contribution in [0.3, 0.4) is 0 Å². The maximum absolute atomic E-state index is 13.6. The lowest BCUT2D eigenvalue weighted by Crippen LogP contribution is -2.25. The number of ketones is 1. The van der Waals surface area contributed by atoms with E-state index in [1.54, 1.807) is 18.7 Å². The summed E-state index contributed by atoms with van der Waals surface area (Å²) in [7, 11) is 5.74. The molecule has 0 saturated heterocycles. The SMILES string of the molecule is Cc1c(C(=O)CCC#Cc2ccc3c(-c4ccc(CN(C)C)cc4)n[nH]c3c2)c(=O)n(Cc2ccc(F)c(F)c2)n1C.